The van der Waals surface area contributed by atoms with Crippen molar-refractivity contribution in [2.75, 3.05) is 39.4 Å². The lowest BCUT2D eigenvalue weighted by molar-refractivity contribution is -0.135. The molecular formula is C26H43N3O4. The SMILES string of the molecule is CC.O=C1N(CCCCCCCCO)C(=O)C2(CCN(Cc3ccccc3)CC2)N1CCO. The number of nitrogens with zero attached hydrogens (tertiary/aromatic N) is 3. The summed E-state index contributed by atoms with van der Waals surface area (Å²) >= 11 is 0. The molecule has 3 amide bonds. The van der Waals surface area contributed by atoms with Gasteiger partial charge in [0.2, 0.25) is 0 Å². The van der Waals surface area contributed by atoms with E-state index in [-0.39, 0.29) is 31.7 Å². The summed E-state index contributed by atoms with van der Waals surface area (Å²) in [6.45, 7) is 7.13. The van der Waals surface area contributed by atoms with Gasteiger partial charge in [-0.1, -0.05) is 69.9 Å². The minimum atomic E-state index is -0.797. The van der Waals surface area contributed by atoms with Crippen molar-refractivity contribution in [1.29, 1.82) is 0 Å². The summed E-state index contributed by atoms with van der Waals surface area (Å²) < 4.78 is 0. The van der Waals surface area contributed by atoms with Gasteiger partial charge in [-0.25, -0.2) is 4.79 Å². The topological polar surface area (TPSA) is 84.3 Å². The highest BCUT2D eigenvalue weighted by Gasteiger charge is 2.57. The van der Waals surface area contributed by atoms with Crippen molar-refractivity contribution in [2.24, 2.45) is 0 Å². The van der Waals surface area contributed by atoms with Gasteiger partial charge >= 0.3 is 6.03 Å². The molecule has 186 valence electrons. The van der Waals surface area contributed by atoms with Crippen molar-refractivity contribution in [1.82, 2.24) is 14.7 Å². The van der Waals surface area contributed by atoms with Crippen LogP contribution in [0.3, 0.4) is 0 Å². The minimum absolute atomic E-state index is 0.0782. The number of carbonyl (C=O) groups excluding carboxylic acids is 2. The molecule has 3 rings (SSSR count). The fourth-order valence-electron chi connectivity index (χ4n) is 4.88. The fourth-order valence-corrected chi connectivity index (χ4v) is 4.88. The third-order valence-corrected chi connectivity index (χ3v) is 6.67. The van der Waals surface area contributed by atoms with Crippen molar-refractivity contribution in [3.05, 3.63) is 35.9 Å². The summed E-state index contributed by atoms with van der Waals surface area (Å²) in [6, 6.07) is 10.1. The molecule has 0 saturated carbocycles. The quantitative estimate of drug-likeness (QED) is 0.367. The largest absolute Gasteiger partial charge is 0.396 e. The third kappa shape index (κ3) is 7.01. The number of likely N-dealkylation sites (tertiary alicyclic amines) is 1. The molecule has 0 aliphatic carbocycles. The van der Waals surface area contributed by atoms with Crippen LogP contribution in [0.4, 0.5) is 4.79 Å². The molecule has 1 spiro atoms. The summed E-state index contributed by atoms with van der Waals surface area (Å²) in [4.78, 5) is 31.8. The molecule has 0 aromatic heterocycles. The Kier molecular flexibility index (Phi) is 11.9. The highest BCUT2D eigenvalue weighted by Crippen LogP contribution is 2.37. The van der Waals surface area contributed by atoms with Gasteiger partial charge in [0, 0.05) is 39.3 Å². The lowest BCUT2D eigenvalue weighted by Crippen LogP contribution is -2.57. The van der Waals surface area contributed by atoms with E-state index in [2.05, 4.69) is 17.0 Å². The van der Waals surface area contributed by atoms with Crippen LogP contribution in [0.1, 0.15) is 70.8 Å². The Morgan fingerprint density at radius 3 is 2.03 bits per heavy atom. The van der Waals surface area contributed by atoms with Crippen LogP contribution in [-0.2, 0) is 11.3 Å². The summed E-state index contributed by atoms with van der Waals surface area (Å²) in [7, 11) is 0. The van der Waals surface area contributed by atoms with Gasteiger partial charge in [-0.3, -0.25) is 14.6 Å². The first-order valence-electron chi connectivity index (χ1n) is 12.7. The molecule has 0 unspecified atom stereocenters. The van der Waals surface area contributed by atoms with Gasteiger partial charge in [-0.15, -0.1) is 0 Å². The van der Waals surface area contributed by atoms with Crippen LogP contribution >= 0.6 is 0 Å². The number of amides is 3. The van der Waals surface area contributed by atoms with E-state index in [1.165, 1.54) is 10.5 Å². The van der Waals surface area contributed by atoms with Gasteiger partial charge < -0.3 is 15.1 Å². The molecule has 2 N–H and O–H groups in total. The summed E-state index contributed by atoms with van der Waals surface area (Å²) in [5.41, 5.74) is 0.453. The number of carbonyl (C=O) groups is 2. The molecule has 2 fully saturated rings. The molecule has 0 bridgehead atoms. The Labute approximate surface area is 199 Å². The summed E-state index contributed by atoms with van der Waals surface area (Å²) in [5.74, 6) is -0.0782. The molecule has 0 radical (unpaired) electrons. The first kappa shape index (κ1) is 27.3. The maximum absolute atomic E-state index is 13.4. The summed E-state index contributed by atoms with van der Waals surface area (Å²) in [5, 5.41) is 18.4. The normalized spacial score (nSPS) is 18.1. The Morgan fingerprint density at radius 1 is 0.818 bits per heavy atom. The van der Waals surface area contributed by atoms with E-state index in [1.807, 2.05) is 32.0 Å². The van der Waals surface area contributed by atoms with E-state index in [9.17, 15) is 14.7 Å². The molecule has 2 saturated heterocycles. The predicted molar refractivity (Wildman–Crippen MR) is 131 cm³/mol. The van der Waals surface area contributed by atoms with Crippen molar-refractivity contribution in [3.63, 3.8) is 0 Å². The molecule has 1 aromatic rings. The van der Waals surface area contributed by atoms with Crippen LogP contribution in [-0.4, -0.2) is 81.8 Å². The maximum atomic E-state index is 13.4. The number of hydrogen-bond acceptors (Lipinski definition) is 5. The Balaban J connectivity index is 0.00000187. The number of urea groups is 1. The Bertz CT molecular complexity index is 705. The predicted octanol–water partition coefficient (Wildman–Crippen LogP) is 3.64. The first-order chi connectivity index (χ1) is 16.1. The second kappa shape index (κ2) is 14.3. The van der Waals surface area contributed by atoms with Crippen LogP contribution in [0.5, 0.6) is 0 Å². The number of hydrogen-bond donors (Lipinski definition) is 2. The van der Waals surface area contributed by atoms with Gasteiger partial charge in [-0.2, -0.15) is 0 Å². The molecule has 2 heterocycles. The summed E-state index contributed by atoms with van der Waals surface area (Å²) in [6.07, 6.45) is 6.98. The molecule has 2 aliphatic heterocycles. The van der Waals surface area contributed by atoms with Crippen LogP contribution < -0.4 is 0 Å². The lowest BCUT2D eigenvalue weighted by atomic mass is 9.85. The highest BCUT2D eigenvalue weighted by molar-refractivity contribution is 6.07. The zero-order valence-electron chi connectivity index (χ0n) is 20.5. The van der Waals surface area contributed by atoms with Crippen molar-refractivity contribution in [2.45, 2.75) is 77.3 Å². The number of benzene rings is 1. The number of unbranched alkanes of at least 4 members (excludes halogenated alkanes) is 5. The molecule has 1 aromatic carbocycles. The molecular weight excluding hydrogens is 418 g/mol. The molecule has 7 heteroatoms. The molecule has 0 atom stereocenters. The molecule has 2 aliphatic rings. The van der Waals surface area contributed by atoms with Crippen LogP contribution in [0, 0.1) is 0 Å². The van der Waals surface area contributed by atoms with Crippen LogP contribution in [0.2, 0.25) is 0 Å². The minimum Gasteiger partial charge on any atom is -0.396 e. The van der Waals surface area contributed by atoms with Gasteiger partial charge in [0.25, 0.3) is 5.91 Å². The van der Waals surface area contributed by atoms with Crippen molar-refractivity contribution >= 4 is 11.9 Å². The van der Waals surface area contributed by atoms with E-state index in [1.54, 1.807) is 4.90 Å². The average Bonchev–Trinajstić information content (AvgIpc) is 3.03. The third-order valence-electron chi connectivity index (χ3n) is 6.67. The fraction of sp³-hybridized carbons (Fsp3) is 0.692. The molecule has 7 nitrogen and oxygen atoms in total. The van der Waals surface area contributed by atoms with E-state index in [0.717, 1.165) is 58.2 Å². The Morgan fingerprint density at radius 2 is 1.42 bits per heavy atom. The van der Waals surface area contributed by atoms with E-state index in [4.69, 9.17) is 5.11 Å². The zero-order valence-corrected chi connectivity index (χ0v) is 20.5. The van der Waals surface area contributed by atoms with E-state index in [0.29, 0.717) is 19.4 Å². The number of piperidine rings is 1. The lowest BCUT2D eigenvalue weighted by Gasteiger charge is -2.42. The van der Waals surface area contributed by atoms with Crippen LogP contribution in [0.15, 0.2) is 30.3 Å². The van der Waals surface area contributed by atoms with Gasteiger partial charge in [0.15, 0.2) is 0 Å². The van der Waals surface area contributed by atoms with Gasteiger partial charge in [-0.05, 0) is 31.2 Å². The maximum Gasteiger partial charge on any atom is 0.327 e. The van der Waals surface area contributed by atoms with Gasteiger partial charge in [0.1, 0.15) is 5.54 Å². The number of β-amino-alcohol motifs (C(OH)–C–C–N with tert-alkyl or cyclic N) is 1. The van der Waals surface area contributed by atoms with E-state index < -0.39 is 5.54 Å². The number of rotatable bonds is 12. The zero-order chi connectivity index (χ0) is 24.1. The van der Waals surface area contributed by atoms with Crippen molar-refractivity contribution < 1.29 is 19.8 Å². The smallest absolute Gasteiger partial charge is 0.327 e. The number of imide groups is 1. The second-order valence-electron chi connectivity index (χ2n) is 8.75. The Hall–Kier alpha value is -1.96. The first-order valence-corrected chi connectivity index (χ1v) is 12.7. The van der Waals surface area contributed by atoms with E-state index >= 15 is 0 Å². The van der Waals surface area contributed by atoms with Crippen molar-refractivity contribution in [3.8, 4) is 0 Å². The standard InChI is InChI=1S/C24H37N3O4.C2H6/c28-18-9-4-2-1-3-8-14-26-22(30)24(27(17-19-29)23(26)31)12-15-25(16-13-24)20-21-10-6-5-7-11-21;1-2/h5-7,10-11,28-29H,1-4,8-9,12-20H2;1-2H3. The van der Waals surface area contributed by atoms with Crippen LogP contribution in [0.25, 0.3) is 0 Å². The highest BCUT2D eigenvalue weighted by atomic mass is 16.3. The monoisotopic (exact) mass is 461 g/mol. The molecule has 33 heavy (non-hydrogen) atoms. The van der Waals surface area contributed by atoms with Gasteiger partial charge in [0.05, 0.1) is 6.61 Å². The number of aliphatic hydroxyl groups excluding tert-OH is 2. The average molecular weight is 462 g/mol. The second-order valence-corrected chi connectivity index (χ2v) is 8.75. The number of aliphatic hydroxyl groups is 2.